The third-order valence-electron chi connectivity index (χ3n) is 2.83. The van der Waals surface area contributed by atoms with Crippen molar-refractivity contribution in [1.82, 2.24) is 10.2 Å². The fourth-order valence-electron chi connectivity index (χ4n) is 2.02. The van der Waals surface area contributed by atoms with Crippen molar-refractivity contribution in [3.05, 3.63) is 29.3 Å². The van der Waals surface area contributed by atoms with Crippen LogP contribution in [0.1, 0.15) is 25.0 Å². The first-order chi connectivity index (χ1) is 10.1. The smallest absolute Gasteiger partial charge is 0.387 e. The Bertz CT molecular complexity index is 516. The van der Waals surface area contributed by atoms with Crippen LogP contribution in [0.2, 0.25) is 0 Å². The molecule has 0 aliphatic rings. The average molecular weight is 316 g/mol. The standard InChI is InChI=1S/C15H22F2N2O3/c1-10-5-6-12(22-13(16)17)11(7-10)8-18-14(20)19(4)9-15(2,3)21/h5-7,13,21H,8-9H2,1-4H3,(H,18,20). The van der Waals surface area contributed by atoms with Gasteiger partial charge in [-0.15, -0.1) is 0 Å². The van der Waals surface area contributed by atoms with Gasteiger partial charge in [-0.1, -0.05) is 17.7 Å². The molecule has 0 saturated carbocycles. The van der Waals surface area contributed by atoms with E-state index in [9.17, 15) is 18.7 Å². The number of alkyl halides is 2. The molecule has 0 aliphatic heterocycles. The molecule has 22 heavy (non-hydrogen) atoms. The van der Waals surface area contributed by atoms with E-state index in [2.05, 4.69) is 10.1 Å². The Morgan fingerprint density at radius 1 is 1.45 bits per heavy atom. The van der Waals surface area contributed by atoms with Crippen molar-refractivity contribution < 1.29 is 23.4 Å². The summed E-state index contributed by atoms with van der Waals surface area (Å²) in [5.41, 5.74) is 0.320. The number of carbonyl (C=O) groups is 1. The van der Waals surface area contributed by atoms with E-state index in [4.69, 9.17) is 0 Å². The highest BCUT2D eigenvalue weighted by Gasteiger charge is 2.19. The molecule has 1 aromatic rings. The number of rotatable bonds is 6. The van der Waals surface area contributed by atoms with E-state index >= 15 is 0 Å². The Kier molecular flexibility index (Phi) is 6.11. The molecule has 0 bridgehead atoms. The Hall–Kier alpha value is -1.89. The van der Waals surface area contributed by atoms with Crippen molar-refractivity contribution >= 4 is 6.03 Å². The molecular weight excluding hydrogens is 294 g/mol. The molecule has 1 rings (SSSR count). The summed E-state index contributed by atoms with van der Waals surface area (Å²) in [6, 6.07) is 4.37. The molecule has 0 aromatic heterocycles. The maximum Gasteiger partial charge on any atom is 0.387 e. The predicted octanol–water partition coefficient (Wildman–Crippen LogP) is 2.51. The highest BCUT2D eigenvalue weighted by atomic mass is 19.3. The Morgan fingerprint density at radius 2 is 2.09 bits per heavy atom. The normalized spacial score (nSPS) is 11.5. The lowest BCUT2D eigenvalue weighted by molar-refractivity contribution is -0.0504. The van der Waals surface area contributed by atoms with Crippen LogP contribution in [-0.2, 0) is 6.54 Å². The van der Waals surface area contributed by atoms with E-state index in [1.165, 1.54) is 11.0 Å². The number of hydrogen-bond acceptors (Lipinski definition) is 3. The van der Waals surface area contributed by atoms with E-state index in [0.29, 0.717) is 5.56 Å². The lowest BCUT2D eigenvalue weighted by Gasteiger charge is -2.25. The first-order valence-electron chi connectivity index (χ1n) is 6.84. The molecule has 124 valence electrons. The number of amides is 2. The second-order valence-corrected chi connectivity index (χ2v) is 5.82. The van der Waals surface area contributed by atoms with Crippen LogP contribution < -0.4 is 10.1 Å². The van der Waals surface area contributed by atoms with Crippen LogP contribution in [0.3, 0.4) is 0 Å². The number of halogens is 2. The fraction of sp³-hybridized carbons (Fsp3) is 0.533. The molecule has 0 radical (unpaired) electrons. The van der Waals surface area contributed by atoms with Gasteiger partial charge < -0.3 is 20.1 Å². The van der Waals surface area contributed by atoms with Gasteiger partial charge in [-0.25, -0.2) is 4.79 Å². The van der Waals surface area contributed by atoms with Crippen LogP contribution in [0.25, 0.3) is 0 Å². The number of nitrogens with zero attached hydrogens (tertiary/aromatic N) is 1. The zero-order chi connectivity index (χ0) is 16.9. The summed E-state index contributed by atoms with van der Waals surface area (Å²) in [7, 11) is 1.54. The molecule has 5 nitrogen and oxygen atoms in total. The number of aliphatic hydroxyl groups is 1. The Labute approximate surface area is 128 Å². The number of urea groups is 1. The van der Waals surface area contributed by atoms with Crippen molar-refractivity contribution in [2.75, 3.05) is 13.6 Å². The number of carbonyl (C=O) groups excluding carboxylic acids is 1. The summed E-state index contributed by atoms with van der Waals surface area (Å²) in [5, 5.41) is 12.3. The molecule has 0 aliphatic carbocycles. The summed E-state index contributed by atoms with van der Waals surface area (Å²) in [6.45, 7) is 2.27. The van der Waals surface area contributed by atoms with Gasteiger partial charge >= 0.3 is 12.6 Å². The maximum atomic E-state index is 12.4. The third kappa shape index (κ3) is 6.26. The van der Waals surface area contributed by atoms with Crippen LogP contribution in [0.15, 0.2) is 18.2 Å². The van der Waals surface area contributed by atoms with Gasteiger partial charge in [0.25, 0.3) is 0 Å². The monoisotopic (exact) mass is 316 g/mol. The molecule has 1 aromatic carbocycles. The van der Waals surface area contributed by atoms with Crippen molar-refractivity contribution in [2.24, 2.45) is 0 Å². The molecule has 7 heteroatoms. The van der Waals surface area contributed by atoms with E-state index in [0.717, 1.165) is 5.56 Å². The maximum absolute atomic E-state index is 12.4. The Morgan fingerprint density at radius 3 is 2.64 bits per heavy atom. The molecule has 0 heterocycles. The van der Waals surface area contributed by atoms with Crippen LogP contribution in [-0.4, -0.2) is 41.8 Å². The number of aryl methyl sites for hydroxylation is 1. The second-order valence-electron chi connectivity index (χ2n) is 5.82. The molecule has 0 spiro atoms. The van der Waals surface area contributed by atoms with Crippen molar-refractivity contribution in [1.29, 1.82) is 0 Å². The molecule has 2 amide bonds. The predicted molar refractivity (Wildman–Crippen MR) is 79.0 cm³/mol. The summed E-state index contributed by atoms with van der Waals surface area (Å²) >= 11 is 0. The lowest BCUT2D eigenvalue weighted by Crippen LogP contribution is -2.44. The van der Waals surface area contributed by atoms with Crippen molar-refractivity contribution in [3.63, 3.8) is 0 Å². The first kappa shape index (κ1) is 18.2. The van der Waals surface area contributed by atoms with Gasteiger partial charge in [0.05, 0.1) is 12.1 Å². The van der Waals surface area contributed by atoms with Gasteiger partial charge in [0.1, 0.15) is 5.75 Å². The molecule has 0 unspecified atom stereocenters. The largest absolute Gasteiger partial charge is 0.434 e. The molecule has 0 saturated heterocycles. The van der Waals surface area contributed by atoms with E-state index in [-0.39, 0.29) is 18.8 Å². The van der Waals surface area contributed by atoms with Gasteiger partial charge in [0.2, 0.25) is 0 Å². The highest BCUT2D eigenvalue weighted by molar-refractivity contribution is 5.74. The van der Waals surface area contributed by atoms with Crippen molar-refractivity contribution in [2.45, 2.75) is 39.5 Å². The molecule has 2 N–H and O–H groups in total. The number of nitrogens with one attached hydrogen (secondary N) is 1. The van der Waals surface area contributed by atoms with Gasteiger partial charge in [-0.2, -0.15) is 8.78 Å². The number of hydrogen-bond donors (Lipinski definition) is 2. The van der Waals surface area contributed by atoms with Crippen LogP contribution in [0.5, 0.6) is 5.75 Å². The fourth-order valence-corrected chi connectivity index (χ4v) is 2.02. The summed E-state index contributed by atoms with van der Waals surface area (Å²) in [5.74, 6) is 0.0334. The summed E-state index contributed by atoms with van der Waals surface area (Å²) in [4.78, 5) is 13.3. The minimum Gasteiger partial charge on any atom is -0.434 e. The molecular formula is C15H22F2N2O3. The third-order valence-corrected chi connectivity index (χ3v) is 2.83. The quantitative estimate of drug-likeness (QED) is 0.848. The average Bonchev–Trinajstić information content (AvgIpc) is 2.36. The number of likely N-dealkylation sites (N-methyl/N-ethyl adjacent to an activating group) is 1. The van der Waals surface area contributed by atoms with E-state index in [1.54, 1.807) is 33.0 Å². The van der Waals surface area contributed by atoms with Crippen LogP contribution in [0.4, 0.5) is 13.6 Å². The zero-order valence-electron chi connectivity index (χ0n) is 13.2. The minimum absolute atomic E-state index is 0.0334. The molecule has 0 atom stereocenters. The zero-order valence-corrected chi connectivity index (χ0v) is 13.2. The van der Waals surface area contributed by atoms with Crippen molar-refractivity contribution in [3.8, 4) is 5.75 Å². The highest BCUT2D eigenvalue weighted by Crippen LogP contribution is 2.22. The molecule has 0 fully saturated rings. The summed E-state index contributed by atoms with van der Waals surface area (Å²) in [6.07, 6.45) is 0. The van der Waals surface area contributed by atoms with E-state index < -0.39 is 18.2 Å². The first-order valence-corrected chi connectivity index (χ1v) is 6.84. The minimum atomic E-state index is -2.92. The Balaban J connectivity index is 2.70. The van der Waals surface area contributed by atoms with Gasteiger partial charge in [0.15, 0.2) is 0 Å². The summed E-state index contributed by atoms with van der Waals surface area (Å²) < 4.78 is 29.2. The van der Waals surface area contributed by atoms with Crippen LogP contribution in [0, 0.1) is 6.92 Å². The number of ether oxygens (including phenoxy) is 1. The van der Waals surface area contributed by atoms with Gasteiger partial charge in [-0.05, 0) is 26.8 Å². The second kappa shape index (κ2) is 7.40. The van der Waals surface area contributed by atoms with Gasteiger partial charge in [-0.3, -0.25) is 0 Å². The van der Waals surface area contributed by atoms with E-state index in [1.807, 2.05) is 6.92 Å². The van der Waals surface area contributed by atoms with Gasteiger partial charge in [0, 0.05) is 19.2 Å². The SMILES string of the molecule is Cc1ccc(OC(F)F)c(CNC(=O)N(C)CC(C)(C)O)c1. The topological polar surface area (TPSA) is 61.8 Å². The number of benzene rings is 1. The van der Waals surface area contributed by atoms with Crippen LogP contribution >= 0.6 is 0 Å². The lowest BCUT2D eigenvalue weighted by atomic mass is 10.1.